The van der Waals surface area contributed by atoms with Crippen LogP contribution in [-0.4, -0.2) is 25.2 Å². The minimum Gasteiger partial charge on any atom is -0.497 e. The van der Waals surface area contributed by atoms with Crippen LogP contribution in [0.2, 0.25) is 0 Å². The van der Waals surface area contributed by atoms with Crippen LogP contribution in [0.25, 0.3) is 10.6 Å². The van der Waals surface area contributed by atoms with Gasteiger partial charge in [0.25, 0.3) is 0 Å². The van der Waals surface area contributed by atoms with Crippen LogP contribution < -0.4 is 14.8 Å². The van der Waals surface area contributed by atoms with E-state index in [1.54, 1.807) is 25.6 Å². The summed E-state index contributed by atoms with van der Waals surface area (Å²) in [7, 11) is 3.34. The monoisotopic (exact) mass is 290 g/mol. The predicted octanol–water partition coefficient (Wildman–Crippen LogP) is 3.08. The predicted molar refractivity (Wildman–Crippen MR) is 80.5 cm³/mol. The third-order valence-electron chi connectivity index (χ3n) is 3.33. The smallest absolute Gasteiger partial charge is 0.129 e. The second kappa shape index (κ2) is 5.81. The van der Waals surface area contributed by atoms with Gasteiger partial charge in [-0.2, -0.15) is 0 Å². The average molecular weight is 290 g/mol. The highest BCUT2D eigenvalue weighted by atomic mass is 32.1. The minimum atomic E-state index is 0.715. The summed E-state index contributed by atoms with van der Waals surface area (Å²) in [4.78, 5) is 5.76. The molecule has 1 aromatic heterocycles. The molecule has 1 aliphatic rings. The van der Waals surface area contributed by atoms with Gasteiger partial charge in [0.2, 0.25) is 0 Å². The highest BCUT2D eigenvalue weighted by molar-refractivity contribution is 7.15. The molecule has 1 aliphatic carbocycles. The molecule has 1 N–H and O–H groups in total. The Balaban J connectivity index is 1.83. The molecule has 0 radical (unpaired) electrons. The number of benzene rings is 1. The van der Waals surface area contributed by atoms with E-state index in [-0.39, 0.29) is 0 Å². The Kier molecular flexibility index (Phi) is 3.89. The van der Waals surface area contributed by atoms with E-state index in [1.807, 2.05) is 24.4 Å². The first-order valence-electron chi connectivity index (χ1n) is 6.70. The molecule has 2 aromatic rings. The second-order valence-corrected chi connectivity index (χ2v) is 5.97. The van der Waals surface area contributed by atoms with Crippen molar-refractivity contribution < 1.29 is 9.47 Å². The lowest BCUT2D eigenvalue weighted by Crippen LogP contribution is -2.14. The normalized spacial score (nSPS) is 14.3. The van der Waals surface area contributed by atoms with Gasteiger partial charge in [-0.25, -0.2) is 4.98 Å². The van der Waals surface area contributed by atoms with E-state index in [1.165, 1.54) is 17.7 Å². The molecule has 0 amide bonds. The van der Waals surface area contributed by atoms with E-state index >= 15 is 0 Å². The Labute approximate surface area is 122 Å². The van der Waals surface area contributed by atoms with Gasteiger partial charge in [-0.3, -0.25) is 0 Å². The van der Waals surface area contributed by atoms with Crippen molar-refractivity contribution in [1.29, 1.82) is 0 Å². The van der Waals surface area contributed by atoms with Gasteiger partial charge < -0.3 is 14.8 Å². The van der Waals surface area contributed by atoms with Gasteiger partial charge in [0, 0.05) is 23.7 Å². The Hall–Kier alpha value is -1.59. The Morgan fingerprint density at radius 2 is 2.15 bits per heavy atom. The maximum Gasteiger partial charge on any atom is 0.129 e. The molecule has 1 aromatic carbocycles. The molecule has 1 heterocycles. The zero-order valence-corrected chi connectivity index (χ0v) is 12.5. The van der Waals surface area contributed by atoms with Crippen molar-refractivity contribution in [2.45, 2.75) is 25.4 Å². The summed E-state index contributed by atoms with van der Waals surface area (Å²) in [5.41, 5.74) is 0.981. The molecule has 0 aliphatic heterocycles. The summed E-state index contributed by atoms with van der Waals surface area (Å²) in [6.45, 7) is 0.897. The van der Waals surface area contributed by atoms with Crippen molar-refractivity contribution in [3.63, 3.8) is 0 Å². The Bertz CT molecular complexity index is 593. The van der Waals surface area contributed by atoms with Crippen molar-refractivity contribution in [2.24, 2.45) is 0 Å². The van der Waals surface area contributed by atoms with Crippen LogP contribution in [0.1, 0.15) is 17.7 Å². The highest BCUT2D eigenvalue weighted by Gasteiger charge is 2.20. The van der Waals surface area contributed by atoms with Crippen molar-refractivity contribution in [1.82, 2.24) is 10.3 Å². The van der Waals surface area contributed by atoms with Gasteiger partial charge in [-0.15, -0.1) is 11.3 Å². The number of hydrogen-bond donors (Lipinski definition) is 1. The fourth-order valence-electron chi connectivity index (χ4n) is 2.03. The topological polar surface area (TPSA) is 43.4 Å². The summed E-state index contributed by atoms with van der Waals surface area (Å²) in [5, 5.41) is 4.47. The van der Waals surface area contributed by atoms with Gasteiger partial charge >= 0.3 is 0 Å². The zero-order chi connectivity index (χ0) is 13.9. The lowest BCUT2D eigenvalue weighted by atomic mass is 10.2. The molecule has 0 atom stereocenters. The van der Waals surface area contributed by atoms with Gasteiger partial charge in [-0.1, -0.05) is 0 Å². The quantitative estimate of drug-likeness (QED) is 0.888. The average Bonchev–Trinajstić information content (AvgIpc) is 3.21. The van der Waals surface area contributed by atoms with Gasteiger partial charge in [0.1, 0.15) is 16.5 Å². The van der Waals surface area contributed by atoms with Crippen molar-refractivity contribution >= 4 is 11.3 Å². The first kappa shape index (κ1) is 13.4. The molecule has 4 nitrogen and oxygen atoms in total. The molecule has 1 fully saturated rings. The zero-order valence-electron chi connectivity index (χ0n) is 11.7. The van der Waals surface area contributed by atoms with Crippen LogP contribution in [0.5, 0.6) is 11.5 Å². The summed E-state index contributed by atoms with van der Waals surface area (Å²) in [6, 6.07) is 6.49. The third kappa shape index (κ3) is 2.94. The molecule has 0 saturated heterocycles. The van der Waals surface area contributed by atoms with Crippen LogP contribution in [0.15, 0.2) is 24.4 Å². The number of nitrogens with one attached hydrogen (secondary N) is 1. The van der Waals surface area contributed by atoms with Crippen molar-refractivity contribution in [3.8, 4) is 22.1 Å². The summed E-state index contributed by atoms with van der Waals surface area (Å²) >= 11 is 1.70. The Morgan fingerprint density at radius 1 is 1.30 bits per heavy atom. The van der Waals surface area contributed by atoms with Crippen LogP contribution in [-0.2, 0) is 6.54 Å². The van der Waals surface area contributed by atoms with Crippen molar-refractivity contribution in [2.75, 3.05) is 14.2 Å². The molecule has 0 spiro atoms. The fraction of sp³-hybridized carbons (Fsp3) is 0.400. The second-order valence-electron chi connectivity index (χ2n) is 4.85. The lowest BCUT2D eigenvalue weighted by Gasteiger charge is -2.08. The molecule has 3 rings (SSSR count). The third-order valence-corrected chi connectivity index (χ3v) is 4.36. The fourth-order valence-corrected chi connectivity index (χ4v) is 2.91. The molecule has 0 bridgehead atoms. The van der Waals surface area contributed by atoms with Crippen LogP contribution in [0.4, 0.5) is 0 Å². The number of nitrogens with zero attached hydrogens (tertiary/aromatic N) is 1. The number of ether oxygens (including phenoxy) is 2. The first-order chi connectivity index (χ1) is 9.80. The number of thiazole rings is 1. The summed E-state index contributed by atoms with van der Waals surface area (Å²) in [5.74, 6) is 1.63. The number of aromatic nitrogens is 1. The first-order valence-corrected chi connectivity index (χ1v) is 7.52. The summed E-state index contributed by atoms with van der Waals surface area (Å²) < 4.78 is 10.7. The lowest BCUT2D eigenvalue weighted by molar-refractivity contribution is 0.404. The largest absolute Gasteiger partial charge is 0.497 e. The van der Waals surface area contributed by atoms with Crippen LogP contribution in [0, 0.1) is 0 Å². The molecule has 1 saturated carbocycles. The Morgan fingerprint density at radius 3 is 2.85 bits per heavy atom. The maximum absolute atomic E-state index is 5.41. The molecular weight excluding hydrogens is 272 g/mol. The molecule has 5 heteroatoms. The number of methoxy groups -OCH3 is 2. The van der Waals surface area contributed by atoms with E-state index in [0.29, 0.717) is 6.04 Å². The number of rotatable bonds is 6. The SMILES string of the molecule is COc1ccc(OC)c(-c2ncc(CNC3CC3)s2)c1. The molecular formula is C15H18N2O2S. The summed E-state index contributed by atoms with van der Waals surface area (Å²) in [6.07, 6.45) is 4.54. The van der Waals surface area contributed by atoms with Crippen LogP contribution in [0.3, 0.4) is 0 Å². The van der Waals surface area contributed by atoms with Crippen molar-refractivity contribution in [3.05, 3.63) is 29.3 Å². The standard InChI is InChI=1S/C15H18N2O2S/c1-18-11-5-6-14(19-2)13(7-11)15-17-9-12(20-15)8-16-10-3-4-10/h5-7,9-10,16H,3-4,8H2,1-2H3. The van der Waals surface area contributed by atoms with Crippen LogP contribution >= 0.6 is 11.3 Å². The van der Waals surface area contributed by atoms with Gasteiger partial charge in [-0.05, 0) is 31.0 Å². The van der Waals surface area contributed by atoms with E-state index in [0.717, 1.165) is 28.6 Å². The van der Waals surface area contributed by atoms with Gasteiger partial charge in [0.05, 0.1) is 19.8 Å². The minimum absolute atomic E-state index is 0.715. The van der Waals surface area contributed by atoms with Gasteiger partial charge in [0.15, 0.2) is 0 Å². The maximum atomic E-state index is 5.41. The van der Waals surface area contributed by atoms with E-state index < -0.39 is 0 Å². The molecule has 0 unspecified atom stereocenters. The molecule has 20 heavy (non-hydrogen) atoms. The number of hydrogen-bond acceptors (Lipinski definition) is 5. The van der Waals surface area contributed by atoms with E-state index in [2.05, 4.69) is 10.3 Å². The molecule has 106 valence electrons. The highest BCUT2D eigenvalue weighted by Crippen LogP contribution is 2.35. The van der Waals surface area contributed by atoms with E-state index in [9.17, 15) is 0 Å². The van der Waals surface area contributed by atoms with E-state index in [4.69, 9.17) is 9.47 Å².